The van der Waals surface area contributed by atoms with E-state index in [9.17, 15) is 18.4 Å². The van der Waals surface area contributed by atoms with Gasteiger partial charge in [-0.3, -0.25) is 14.3 Å². The standard InChI is InChI=1S/C26H27F2N7O2/c1-14(2)34-12-16-20(31-34)7-8-21(24(16)33-11-15(3)19(29)13-33)30-26(37)22-9-10-23(36)35(32-22)25-17(27)5-4-6-18(25)28/h4-10,12,14-15,19H,11,13,29H2,1-3H3,(H,30,37)/t15-,19-/m0/s1. The molecule has 0 radical (unpaired) electrons. The van der Waals surface area contributed by atoms with Gasteiger partial charge in [0.25, 0.3) is 11.5 Å². The zero-order valence-corrected chi connectivity index (χ0v) is 20.7. The van der Waals surface area contributed by atoms with E-state index in [4.69, 9.17) is 5.73 Å². The predicted molar refractivity (Wildman–Crippen MR) is 137 cm³/mol. The third-order valence-electron chi connectivity index (χ3n) is 6.62. The van der Waals surface area contributed by atoms with Crippen LogP contribution in [-0.4, -0.2) is 44.6 Å². The van der Waals surface area contributed by atoms with E-state index >= 15 is 0 Å². The highest BCUT2D eigenvalue weighted by atomic mass is 19.1. The fourth-order valence-corrected chi connectivity index (χ4v) is 4.55. The Labute approximate surface area is 211 Å². The summed E-state index contributed by atoms with van der Waals surface area (Å²) in [5.74, 6) is -2.33. The Bertz CT molecular complexity index is 1530. The summed E-state index contributed by atoms with van der Waals surface area (Å²) in [7, 11) is 0. The van der Waals surface area contributed by atoms with Crippen molar-refractivity contribution >= 4 is 28.2 Å². The van der Waals surface area contributed by atoms with Crippen molar-refractivity contribution in [2.75, 3.05) is 23.3 Å². The van der Waals surface area contributed by atoms with Gasteiger partial charge in [-0.15, -0.1) is 0 Å². The van der Waals surface area contributed by atoms with Crippen LogP contribution in [0.4, 0.5) is 20.2 Å². The van der Waals surface area contributed by atoms with E-state index < -0.39 is 28.8 Å². The minimum atomic E-state index is -0.971. The Morgan fingerprint density at radius 2 is 1.78 bits per heavy atom. The van der Waals surface area contributed by atoms with Crippen molar-refractivity contribution in [3.05, 3.63) is 76.3 Å². The number of fused-ring (bicyclic) bond motifs is 1. The fourth-order valence-electron chi connectivity index (χ4n) is 4.55. The maximum atomic E-state index is 14.3. The molecule has 3 heterocycles. The summed E-state index contributed by atoms with van der Waals surface area (Å²) >= 11 is 0. The average molecular weight is 508 g/mol. The number of amides is 1. The SMILES string of the molecule is CC(C)n1cc2c(N3C[C@H](C)[C@@H](N)C3)c(NC(=O)c3ccc(=O)n(-c4c(F)cccc4F)n3)ccc2n1. The number of para-hydroxylation sites is 1. The Hall–Kier alpha value is -4.12. The lowest BCUT2D eigenvalue weighted by Gasteiger charge is -2.23. The molecule has 1 saturated heterocycles. The van der Waals surface area contributed by atoms with Crippen molar-refractivity contribution in [3.8, 4) is 5.69 Å². The Morgan fingerprint density at radius 3 is 2.43 bits per heavy atom. The summed E-state index contributed by atoms with van der Waals surface area (Å²) < 4.78 is 31.1. The van der Waals surface area contributed by atoms with Crippen LogP contribution in [0.2, 0.25) is 0 Å². The van der Waals surface area contributed by atoms with E-state index in [1.807, 2.05) is 30.8 Å². The molecule has 37 heavy (non-hydrogen) atoms. The van der Waals surface area contributed by atoms with Gasteiger partial charge in [0.2, 0.25) is 0 Å². The zero-order chi connectivity index (χ0) is 26.4. The molecule has 9 nitrogen and oxygen atoms in total. The molecule has 1 amide bonds. The van der Waals surface area contributed by atoms with Crippen LogP contribution in [0.15, 0.2) is 53.5 Å². The van der Waals surface area contributed by atoms with Crippen molar-refractivity contribution in [3.63, 3.8) is 0 Å². The average Bonchev–Trinajstić information content (AvgIpc) is 3.43. The Kier molecular flexibility index (Phi) is 6.24. The third kappa shape index (κ3) is 4.46. The van der Waals surface area contributed by atoms with Gasteiger partial charge >= 0.3 is 0 Å². The number of anilines is 2. The maximum Gasteiger partial charge on any atom is 0.276 e. The second-order valence-corrected chi connectivity index (χ2v) is 9.64. The van der Waals surface area contributed by atoms with E-state index in [1.54, 1.807) is 6.07 Å². The van der Waals surface area contributed by atoms with Crippen LogP contribution in [0.3, 0.4) is 0 Å². The molecule has 0 unspecified atom stereocenters. The van der Waals surface area contributed by atoms with Crippen molar-refractivity contribution < 1.29 is 13.6 Å². The van der Waals surface area contributed by atoms with Gasteiger partial charge in [-0.05, 0) is 50.1 Å². The van der Waals surface area contributed by atoms with Gasteiger partial charge in [0.15, 0.2) is 11.6 Å². The highest BCUT2D eigenvalue weighted by Gasteiger charge is 2.30. The van der Waals surface area contributed by atoms with Gasteiger partial charge < -0.3 is 16.0 Å². The number of hydrogen-bond donors (Lipinski definition) is 2. The van der Waals surface area contributed by atoms with Crippen LogP contribution >= 0.6 is 0 Å². The molecule has 192 valence electrons. The molecule has 1 aliphatic rings. The molecule has 3 N–H and O–H groups in total. The number of halogens is 2. The molecular formula is C26H27F2N7O2. The molecule has 0 aliphatic carbocycles. The number of hydrogen-bond acceptors (Lipinski definition) is 6. The van der Waals surface area contributed by atoms with E-state index in [0.29, 0.717) is 23.5 Å². The first-order chi connectivity index (χ1) is 17.6. The number of aromatic nitrogens is 4. The minimum absolute atomic E-state index is 0.0279. The first-order valence-corrected chi connectivity index (χ1v) is 12.0. The van der Waals surface area contributed by atoms with Gasteiger partial charge in [0.1, 0.15) is 11.4 Å². The molecule has 2 atom stereocenters. The highest BCUT2D eigenvalue weighted by molar-refractivity contribution is 6.08. The van der Waals surface area contributed by atoms with Gasteiger partial charge in [-0.2, -0.15) is 14.9 Å². The lowest BCUT2D eigenvalue weighted by atomic mass is 10.1. The van der Waals surface area contributed by atoms with Crippen LogP contribution in [0, 0.1) is 17.6 Å². The minimum Gasteiger partial charge on any atom is -0.367 e. The summed E-state index contributed by atoms with van der Waals surface area (Å²) in [5.41, 5.74) is 6.77. The monoisotopic (exact) mass is 507 g/mol. The van der Waals surface area contributed by atoms with Gasteiger partial charge in [0, 0.05) is 42.8 Å². The molecule has 1 fully saturated rings. The molecular weight excluding hydrogens is 480 g/mol. The summed E-state index contributed by atoms with van der Waals surface area (Å²) in [6, 6.07) is 9.16. The Balaban J connectivity index is 1.56. The topological polar surface area (TPSA) is 111 Å². The second-order valence-electron chi connectivity index (χ2n) is 9.64. The molecule has 2 aromatic heterocycles. The van der Waals surface area contributed by atoms with Crippen molar-refractivity contribution in [2.24, 2.45) is 11.7 Å². The smallest absolute Gasteiger partial charge is 0.276 e. The molecule has 5 rings (SSSR count). The quantitative estimate of drug-likeness (QED) is 0.428. The van der Waals surface area contributed by atoms with Crippen molar-refractivity contribution in [1.82, 2.24) is 19.6 Å². The van der Waals surface area contributed by atoms with Crippen LogP contribution in [-0.2, 0) is 0 Å². The van der Waals surface area contributed by atoms with E-state index in [2.05, 4.69) is 27.3 Å². The van der Waals surface area contributed by atoms with E-state index in [0.717, 1.165) is 34.8 Å². The second kappa shape index (κ2) is 9.40. The number of carbonyl (C=O) groups is 1. The van der Waals surface area contributed by atoms with Crippen LogP contribution in [0.1, 0.15) is 37.3 Å². The number of benzene rings is 2. The molecule has 0 spiro atoms. The van der Waals surface area contributed by atoms with Crippen LogP contribution in [0.25, 0.3) is 16.6 Å². The number of nitrogens with one attached hydrogen (secondary N) is 1. The van der Waals surface area contributed by atoms with Crippen molar-refractivity contribution in [2.45, 2.75) is 32.9 Å². The fraction of sp³-hybridized carbons (Fsp3) is 0.308. The molecule has 11 heteroatoms. The molecule has 0 bridgehead atoms. The summed E-state index contributed by atoms with van der Waals surface area (Å²) in [5, 5.41) is 12.3. The molecule has 2 aromatic carbocycles. The van der Waals surface area contributed by atoms with Crippen LogP contribution < -0.4 is 21.5 Å². The maximum absolute atomic E-state index is 14.3. The summed E-state index contributed by atoms with van der Waals surface area (Å²) in [6.07, 6.45) is 1.94. The number of rotatable bonds is 5. The highest BCUT2D eigenvalue weighted by Crippen LogP contribution is 2.37. The Morgan fingerprint density at radius 1 is 1.05 bits per heavy atom. The van der Waals surface area contributed by atoms with Crippen LogP contribution in [0.5, 0.6) is 0 Å². The summed E-state index contributed by atoms with van der Waals surface area (Å²) in [4.78, 5) is 27.8. The van der Waals surface area contributed by atoms with Gasteiger partial charge in [-0.25, -0.2) is 8.78 Å². The van der Waals surface area contributed by atoms with Gasteiger partial charge in [0.05, 0.1) is 16.9 Å². The van der Waals surface area contributed by atoms with Gasteiger partial charge in [-0.1, -0.05) is 13.0 Å². The lowest BCUT2D eigenvalue weighted by molar-refractivity contribution is 0.102. The number of carbonyl (C=O) groups excluding carboxylic acids is 1. The molecule has 0 saturated carbocycles. The normalized spacial score (nSPS) is 17.6. The van der Waals surface area contributed by atoms with Crippen molar-refractivity contribution in [1.29, 1.82) is 0 Å². The van der Waals surface area contributed by atoms with E-state index in [1.165, 1.54) is 12.1 Å². The largest absolute Gasteiger partial charge is 0.367 e. The third-order valence-corrected chi connectivity index (χ3v) is 6.62. The lowest BCUT2D eigenvalue weighted by Crippen LogP contribution is -2.29. The number of nitrogens with zero attached hydrogens (tertiary/aromatic N) is 5. The molecule has 1 aliphatic heterocycles. The first kappa shape index (κ1) is 24.6. The summed E-state index contributed by atoms with van der Waals surface area (Å²) in [6.45, 7) is 7.44. The number of nitrogens with two attached hydrogens (primary N) is 1. The first-order valence-electron chi connectivity index (χ1n) is 12.0. The zero-order valence-electron chi connectivity index (χ0n) is 20.7. The molecule has 4 aromatic rings. The predicted octanol–water partition coefficient (Wildman–Crippen LogP) is 3.48. The van der Waals surface area contributed by atoms with E-state index in [-0.39, 0.29) is 23.7 Å².